The Morgan fingerprint density at radius 3 is 2.79 bits per heavy atom. The van der Waals surface area contributed by atoms with Crippen LogP contribution in [0.1, 0.15) is 24.6 Å². The first kappa shape index (κ1) is 13.5. The van der Waals surface area contributed by atoms with Gasteiger partial charge in [0.2, 0.25) is 0 Å². The summed E-state index contributed by atoms with van der Waals surface area (Å²) in [7, 11) is 0. The van der Waals surface area contributed by atoms with Crippen LogP contribution in [-0.2, 0) is 6.54 Å². The van der Waals surface area contributed by atoms with E-state index < -0.39 is 0 Å². The lowest BCUT2D eigenvalue weighted by Gasteiger charge is -2.07. The number of ether oxygens (including phenoxy) is 1. The van der Waals surface area contributed by atoms with E-state index in [4.69, 9.17) is 4.74 Å². The molecule has 0 saturated carbocycles. The van der Waals surface area contributed by atoms with Crippen molar-refractivity contribution in [2.24, 2.45) is 0 Å². The van der Waals surface area contributed by atoms with Crippen LogP contribution in [0.3, 0.4) is 0 Å². The van der Waals surface area contributed by atoms with Crippen LogP contribution in [0.5, 0.6) is 11.5 Å². The van der Waals surface area contributed by atoms with Crippen molar-refractivity contribution in [3.63, 3.8) is 0 Å². The Labute approximate surface area is 113 Å². The molecule has 2 rings (SSSR count). The van der Waals surface area contributed by atoms with Crippen LogP contribution >= 0.6 is 0 Å². The van der Waals surface area contributed by atoms with Gasteiger partial charge < -0.3 is 10.1 Å². The topological polar surface area (TPSA) is 47.0 Å². The number of aryl methyl sites for hydroxylation is 1. The summed E-state index contributed by atoms with van der Waals surface area (Å²) in [6, 6.07) is 5.83. The molecule has 2 aromatic rings. The van der Waals surface area contributed by atoms with Crippen molar-refractivity contribution in [2.75, 3.05) is 6.54 Å². The fourth-order valence-corrected chi connectivity index (χ4v) is 1.68. The van der Waals surface area contributed by atoms with E-state index in [1.165, 1.54) is 0 Å². The molecule has 0 bridgehead atoms. The van der Waals surface area contributed by atoms with Gasteiger partial charge in [-0.05, 0) is 43.7 Å². The molecule has 4 heteroatoms. The third-order valence-electron chi connectivity index (χ3n) is 2.65. The van der Waals surface area contributed by atoms with Crippen molar-refractivity contribution in [1.82, 2.24) is 15.3 Å². The van der Waals surface area contributed by atoms with Crippen LogP contribution in [0, 0.1) is 6.92 Å². The quantitative estimate of drug-likeness (QED) is 0.808. The average Bonchev–Trinajstić information content (AvgIpc) is 2.42. The van der Waals surface area contributed by atoms with Gasteiger partial charge in [0, 0.05) is 18.4 Å². The summed E-state index contributed by atoms with van der Waals surface area (Å²) in [6.45, 7) is 5.91. The van der Waals surface area contributed by atoms with Crippen molar-refractivity contribution in [1.29, 1.82) is 0 Å². The second-order valence-corrected chi connectivity index (χ2v) is 4.44. The van der Waals surface area contributed by atoms with Crippen molar-refractivity contribution in [3.05, 3.63) is 48.0 Å². The molecule has 0 unspecified atom stereocenters. The molecule has 0 aliphatic carbocycles. The van der Waals surface area contributed by atoms with Crippen LogP contribution in [0.25, 0.3) is 0 Å². The van der Waals surface area contributed by atoms with E-state index in [1.54, 1.807) is 12.4 Å². The highest BCUT2D eigenvalue weighted by Crippen LogP contribution is 2.20. The van der Waals surface area contributed by atoms with E-state index in [2.05, 4.69) is 22.2 Å². The minimum absolute atomic E-state index is 0.728. The van der Waals surface area contributed by atoms with Crippen LogP contribution in [0.2, 0.25) is 0 Å². The summed E-state index contributed by atoms with van der Waals surface area (Å²) in [5.41, 5.74) is 2.09. The Hall–Kier alpha value is -1.94. The molecule has 0 fully saturated rings. The summed E-state index contributed by atoms with van der Waals surface area (Å²) in [5.74, 6) is 1.47. The number of hydrogen-bond acceptors (Lipinski definition) is 4. The van der Waals surface area contributed by atoms with Crippen LogP contribution in [0.4, 0.5) is 0 Å². The Kier molecular flexibility index (Phi) is 4.86. The second-order valence-electron chi connectivity index (χ2n) is 4.44. The minimum atomic E-state index is 0.728. The number of aromatic nitrogens is 2. The number of pyridine rings is 2. The maximum Gasteiger partial charge on any atom is 0.146 e. The highest BCUT2D eigenvalue weighted by molar-refractivity contribution is 5.30. The second kappa shape index (κ2) is 6.85. The summed E-state index contributed by atoms with van der Waals surface area (Å²) in [5, 5.41) is 3.34. The van der Waals surface area contributed by atoms with Crippen molar-refractivity contribution in [2.45, 2.75) is 26.8 Å². The van der Waals surface area contributed by atoms with E-state index in [0.717, 1.165) is 42.3 Å². The molecular weight excluding hydrogens is 238 g/mol. The van der Waals surface area contributed by atoms with E-state index >= 15 is 0 Å². The molecule has 19 heavy (non-hydrogen) atoms. The van der Waals surface area contributed by atoms with Crippen molar-refractivity contribution >= 4 is 0 Å². The molecule has 0 aromatic carbocycles. The third kappa shape index (κ3) is 4.34. The van der Waals surface area contributed by atoms with Crippen molar-refractivity contribution < 1.29 is 4.74 Å². The highest BCUT2D eigenvalue weighted by Gasteiger charge is 2.00. The molecule has 0 radical (unpaired) electrons. The van der Waals surface area contributed by atoms with E-state index in [9.17, 15) is 0 Å². The van der Waals surface area contributed by atoms with Gasteiger partial charge in [0.15, 0.2) is 0 Å². The lowest BCUT2D eigenvalue weighted by atomic mass is 10.2. The molecule has 0 spiro atoms. The Bertz CT molecular complexity index is 511. The smallest absolute Gasteiger partial charge is 0.146 e. The predicted octanol–water partition coefficient (Wildman–Crippen LogP) is 3.08. The molecule has 2 aromatic heterocycles. The molecule has 1 N–H and O–H groups in total. The van der Waals surface area contributed by atoms with Gasteiger partial charge in [-0.25, -0.2) is 0 Å². The summed E-state index contributed by atoms with van der Waals surface area (Å²) in [6.07, 6.45) is 6.40. The first-order valence-electron chi connectivity index (χ1n) is 6.53. The van der Waals surface area contributed by atoms with Crippen LogP contribution in [-0.4, -0.2) is 16.5 Å². The molecule has 4 nitrogen and oxygen atoms in total. The van der Waals surface area contributed by atoms with Crippen LogP contribution < -0.4 is 10.1 Å². The first-order chi connectivity index (χ1) is 9.28. The Morgan fingerprint density at radius 2 is 2.05 bits per heavy atom. The van der Waals surface area contributed by atoms with Gasteiger partial charge in [-0.15, -0.1) is 0 Å². The van der Waals surface area contributed by atoms with Gasteiger partial charge in [-0.3, -0.25) is 9.97 Å². The molecule has 0 aliphatic heterocycles. The average molecular weight is 257 g/mol. The minimum Gasteiger partial charge on any atom is -0.454 e. The normalized spacial score (nSPS) is 10.4. The van der Waals surface area contributed by atoms with Gasteiger partial charge in [0.05, 0.1) is 12.4 Å². The standard InChI is InChI=1S/C15H19N3O/c1-3-6-16-8-13-7-15(10-17-9-13)19-14-5-4-12(2)18-11-14/h4-5,7,9-11,16H,3,6,8H2,1-2H3. The van der Waals surface area contributed by atoms with Gasteiger partial charge in [-0.2, -0.15) is 0 Å². The fourth-order valence-electron chi connectivity index (χ4n) is 1.68. The Balaban J connectivity index is 2.00. The maximum absolute atomic E-state index is 5.73. The number of nitrogens with zero attached hydrogens (tertiary/aromatic N) is 2. The summed E-state index contributed by atoms with van der Waals surface area (Å²) >= 11 is 0. The SMILES string of the molecule is CCCNCc1cncc(Oc2ccc(C)nc2)c1. The zero-order valence-corrected chi connectivity index (χ0v) is 11.4. The van der Waals surface area contributed by atoms with Gasteiger partial charge in [-0.1, -0.05) is 6.92 Å². The molecule has 0 aliphatic rings. The first-order valence-corrected chi connectivity index (χ1v) is 6.53. The third-order valence-corrected chi connectivity index (χ3v) is 2.65. The highest BCUT2D eigenvalue weighted by atomic mass is 16.5. The summed E-state index contributed by atoms with van der Waals surface area (Å²) in [4.78, 5) is 8.39. The molecule has 0 saturated heterocycles. The number of nitrogens with one attached hydrogen (secondary N) is 1. The monoisotopic (exact) mass is 257 g/mol. The van der Waals surface area contributed by atoms with Gasteiger partial charge >= 0.3 is 0 Å². The summed E-state index contributed by atoms with van der Waals surface area (Å²) < 4.78 is 5.73. The molecule has 0 amide bonds. The Morgan fingerprint density at radius 1 is 1.16 bits per heavy atom. The van der Waals surface area contributed by atoms with E-state index in [-0.39, 0.29) is 0 Å². The lowest BCUT2D eigenvalue weighted by Crippen LogP contribution is -2.13. The molecular formula is C15H19N3O. The van der Waals surface area contributed by atoms with Gasteiger partial charge in [0.1, 0.15) is 11.5 Å². The van der Waals surface area contributed by atoms with Gasteiger partial charge in [0.25, 0.3) is 0 Å². The zero-order chi connectivity index (χ0) is 13.5. The maximum atomic E-state index is 5.73. The van der Waals surface area contributed by atoms with E-state index in [0.29, 0.717) is 0 Å². The molecule has 2 heterocycles. The van der Waals surface area contributed by atoms with Crippen LogP contribution in [0.15, 0.2) is 36.8 Å². The number of hydrogen-bond donors (Lipinski definition) is 1. The van der Waals surface area contributed by atoms with E-state index in [1.807, 2.05) is 31.3 Å². The zero-order valence-electron chi connectivity index (χ0n) is 11.4. The number of rotatable bonds is 6. The predicted molar refractivity (Wildman–Crippen MR) is 75.3 cm³/mol. The molecule has 100 valence electrons. The fraction of sp³-hybridized carbons (Fsp3) is 0.333. The molecule has 0 atom stereocenters. The van der Waals surface area contributed by atoms with Crippen molar-refractivity contribution in [3.8, 4) is 11.5 Å². The lowest BCUT2D eigenvalue weighted by molar-refractivity contribution is 0.476. The largest absolute Gasteiger partial charge is 0.454 e.